The van der Waals surface area contributed by atoms with Gasteiger partial charge in [0.2, 0.25) is 5.95 Å². The number of hydrogen-bond acceptors (Lipinski definition) is 5. The second-order valence-corrected chi connectivity index (χ2v) is 3.42. The first-order chi connectivity index (χ1) is 6.75. The Hall–Kier alpha value is -1.36. The zero-order valence-corrected chi connectivity index (χ0v) is 8.10. The second kappa shape index (κ2) is 3.79. The second-order valence-electron chi connectivity index (χ2n) is 3.42. The van der Waals surface area contributed by atoms with Crippen LogP contribution < -0.4 is 11.1 Å². The van der Waals surface area contributed by atoms with Crippen LogP contribution in [-0.4, -0.2) is 28.7 Å². The maximum atomic E-state index is 5.55. The molecule has 1 saturated heterocycles. The van der Waals surface area contributed by atoms with Gasteiger partial charge in [0.05, 0.1) is 12.1 Å². The van der Waals surface area contributed by atoms with E-state index in [1.165, 1.54) is 0 Å². The number of rotatable bonds is 2. The molecule has 3 N–H and O–H groups in total. The summed E-state index contributed by atoms with van der Waals surface area (Å²) in [7, 11) is 0. The number of nitrogen functional groups attached to an aromatic ring is 1. The molecule has 1 aliphatic heterocycles. The first kappa shape index (κ1) is 9.21. The van der Waals surface area contributed by atoms with Crippen LogP contribution in [-0.2, 0) is 4.74 Å². The highest BCUT2D eigenvalue weighted by Crippen LogP contribution is 2.16. The van der Waals surface area contributed by atoms with Crippen LogP contribution in [0.25, 0.3) is 0 Å². The van der Waals surface area contributed by atoms with E-state index >= 15 is 0 Å². The average Bonchev–Trinajstić information content (AvgIpc) is 2.52. The Morgan fingerprint density at radius 1 is 1.64 bits per heavy atom. The van der Waals surface area contributed by atoms with E-state index in [0.717, 1.165) is 13.0 Å². The molecule has 76 valence electrons. The molecule has 1 aliphatic rings. The van der Waals surface area contributed by atoms with Crippen LogP contribution in [0.2, 0.25) is 0 Å². The van der Waals surface area contributed by atoms with Gasteiger partial charge in [-0.15, -0.1) is 0 Å². The molecule has 1 fully saturated rings. The van der Waals surface area contributed by atoms with Crippen molar-refractivity contribution < 1.29 is 4.74 Å². The number of nitrogens with two attached hydrogens (primary N) is 1. The lowest BCUT2D eigenvalue weighted by Gasteiger charge is -2.15. The molecule has 0 saturated carbocycles. The number of ether oxygens (including phenoxy) is 1. The van der Waals surface area contributed by atoms with Crippen molar-refractivity contribution >= 4 is 11.8 Å². The SMILES string of the molecule is CC1OCCC1Nc1nccc(N)n1. The Morgan fingerprint density at radius 2 is 2.50 bits per heavy atom. The lowest BCUT2D eigenvalue weighted by molar-refractivity contribution is 0.121. The Bertz CT molecular complexity index is 317. The van der Waals surface area contributed by atoms with Gasteiger partial charge in [-0.05, 0) is 19.4 Å². The van der Waals surface area contributed by atoms with E-state index in [9.17, 15) is 0 Å². The van der Waals surface area contributed by atoms with Crippen LogP contribution in [0.5, 0.6) is 0 Å². The monoisotopic (exact) mass is 194 g/mol. The molecule has 2 rings (SSSR count). The van der Waals surface area contributed by atoms with Crippen LogP contribution in [0.1, 0.15) is 13.3 Å². The summed E-state index contributed by atoms with van der Waals surface area (Å²) in [6, 6.07) is 1.96. The minimum Gasteiger partial charge on any atom is -0.384 e. The minimum atomic E-state index is 0.208. The van der Waals surface area contributed by atoms with Crippen molar-refractivity contribution in [3.63, 3.8) is 0 Å². The van der Waals surface area contributed by atoms with Gasteiger partial charge in [0, 0.05) is 12.8 Å². The molecule has 1 aromatic heterocycles. The van der Waals surface area contributed by atoms with Crippen molar-refractivity contribution in [1.29, 1.82) is 0 Å². The predicted octanol–water partition coefficient (Wildman–Crippen LogP) is 0.648. The molecular weight excluding hydrogens is 180 g/mol. The van der Waals surface area contributed by atoms with Gasteiger partial charge in [0.15, 0.2) is 0 Å². The molecule has 0 bridgehead atoms. The normalized spacial score (nSPS) is 26.4. The maximum absolute atomic E-state index is 5.55. The van der Waals surface area contributed by atoms with Crippen LogP contribution in [0.4, 0.5) is 11.8 Å². The van der Waals surface area contributed by atoms with Crippen molar-refractivity contribution in [2.24, 2.45) is 0 Å². The lowest BCUT2D eigenvalue weighted by atomic mass is 10.2. The molecule has 2 unspecified atom stereocenters. The largest absolute Gasteiger partial charge is 0.384 e. The van der Waals surface area contributed by atoms with E-state index in [1.54, 1.807) is 12.3 Å². The Labute approximate surface area is 82.7 Å². The molecule has 0 spiro atoms. The van der Waals surface area contributed by atoms with Gasteiger partial charge in [-0.25, -0.2) is 4.98 Å². The Morgan fingerprint density at radius 3 is 3.14 bits per heavy atom. The number of anilines is 2. The van der Waals surface area contributed by atoms with Gasteiger partial charge >= 0.3 is 0 Å². The first-order valence-corrected chi connectivity index (χ1v) is 4.72. The first-order valence-electron chi connectivity index (χ1n) is 4.72. The highest BCUT2D eigenvalue weighted by Gasteiger charge is 2.24. The van der Waals surface area contributed by atoms with Gasteiger partial charge in [0.25, 0.3) is 0 Å². The van der Waals surface area contributed by atoms with Crippen molar-refractivity contribution in [3.8, 4) is 0 Å². The summed E-state index contributed by atoms with van der Waals surface area (Å²) in [5.74, 6) is 1.06. The fourth-order valence-corrected chi connectivity index (χ4v) is 1.53. The Balaban J connectivity index is 2.03. The number of nitrogens with zero attached hydrogens (tertiary/aromatic N) is 2. The van der Waals surface area contributed by atoms with Gasteiger partial charge in [-0.2, -0.15) is 4.98 Å². The molecule has 0 aliphatic carbocycles. The third-order valence-corrected chi connectivity index (χ3v) is 2.37. The van der Waals surface area contributed by atoms with E-state index in [-0.39, 0.29) is 12.1 Å². The molecule has 5 nitrogen and oxygen atoms in total. The van der Waals surface area contributed by atoms with Crippen LogP contribution in [0.15, 0.2) is 12.3 Å². The summed E-state index contributed by atoms with van der Waals surface area (Å²) >= 11 is 0. The van der Waals surface area contributed by atoms with Gasteiger partial charge in [0.1, 0.15) is 5.82 Å². The van der Waals surface area contributed by atoms with Crippen molar-refractivity contribution in [1.82, 2.24) is 9.97 Å². The van der Waals surface area contributed by atoms with Gasteiger partial charge in [-0.1, -0.05) is 0 Å². The predicted molar refractivity (Wildman–Crippen MR) is 53.9 cm³/mol. The average molecular weight is 194 g/mol. The minimum absolute atomic E-state index is 0.208. The van der Waals surface area contributed by atoms with Crippen molar-refractivity contribution in [2.75, 3.05) is 17.7 Å². The summed E-state index contributed by atoms with van der Waals surface area (Å²) in [4.78, 5) is 8.15. The smallest absolute Gasteiger partial charge is 0.224 e. The van der Waals surface area contributed by atoms with E-state index < -0.39 is 0 Å². The maximum Gasteiger partial charge on any atom is 0.224 e. The molecule has 5 heteroatoms. The lowest BCUT2D eigenvalue weighted by Crippen LogP contribution is -2.27. The van der Waals surface area contributed by atoms with Crippen LogP contribution in [0, 0.1) is 0 Å². The molecule has 2 heterocycles. The van der Waals surface area contributed by atoms with E-state index in [4.69, 9.17) is 10.5 Å². The van der Waals surface area contributed by atoms with Crippen molar-refractivity contribution in [3.05, 3.63) is 12.3 Å². The molecule has 0 aromatic carbocycles. The van der Waals surface area contributed by atoms with Crippen LogP contribution >= 0.6 is 0 Å². The highest BCUT2D eigenvalue weighted by molar-refractivity contribution is 5.36. The fraction of sp³-hybridized carbons (Fsp3) is 0.556. The third-order valence-electron chi connectivity index (χ3n) is 2.37. The van der Waals surface area contributed by atoms with Crippen molar-refractivity contribution in [2.45, 2.75) is 25.5 Å². The zero-order chi connectivity index (χ0) is 9.97. The summed E-state index contributed by atoms with van der Waals surface area (Å²) < 4.78 is 5.42. The number of nitrogens with one attached hydrogen (secondary N) is 1. The zero-order valence-electron chi connectivity index (χ0n) is 8.10. The van der Waals surface area contributed by atoms with E-state index in [2.05, 4.69) is 15.3 Å². The summed E-state index contributed by atoms with van der Waals surface area (Å²) in [5.41, 5.74) is 5.55. The molecular formula is C9H14N4O. The fourth-order valence-electron chi connectivity index (χ4n) is 1.53. The van der Waals surface area contributed by atoms with Gasteiger partial charge in [-0.3, -0.25) is 0 Å². The number of hydrogen-bond donors (Lipinski definition) is 2. The van der Waals surface area contributed by atoms with Crippen LogP contribution in [0.3, 0.4) is 0 Å². The van der Waals surface area contributed by atoms with Gasteiger partial charge < -0.3 is 15.8 Å². The van der Waals surface area contributed by atoms with E-state index in [0.29, 0.717) is 11.8 Å². The molecule has 14 heavy (non-hydrogen) atoms. The molecule has 1 aromatic rings. The third kappa shape index (κ3) is 1.93. The quantitative estimate of drug-likeness (QED) is 0.723. The topological polar surface area (TPSA) is 73.1 Å². The summed E-state index contributed by atoms with van der Waals surface area (Å²) in [5, 5.41) is 3.20. The number of aromatic nitrogens is 2. The molecule has 2 atom stereocenters. The standard InChI is InChI=1S/C9H14N4O/c1-6-7(3-5-14-6)12-9-11-4-2-8(10)13-9/h2,4,6-7H,3,5H2,1H3,(H3,10,11,12,13). The summed E-state index contributed by atoms with van der Waals surface area (Å²) in [6.45, 7) is 2.83. The van der Waals surface area contributed by atoms with E-state index in [1.807, 2.05) is 6.92 Å². The Kier molecular flexibility index (Phi) is 2.49. The molecule has 0 radical (unpaired) electrons. The molecule has 0 amide bonds. The highest BCUT2D eigenvalue weighted by atomic mass is 16.5. The summed E-state index contributed by atoms with van der Waals surface area (Å²) in [6.07, 6.45) is 2.84.